The molecule has 0 bridgehead atoms. The average molecular weight is 432 g/mol. The highest BCUT2D eigenvalue weighted by Gasteiger charge is 2.29. The first-order valence-corrected chi connectivity index (χ1v) is 8.27. The van der Waals surface area contributed by atoms with Gasteiger partial charge in [0.2, 0.25) is 0 Å². The molecule has 0 amide bonds. The number of hydrogen-bond acceptors (Lipinski definition) is 1. The highest BCUT2D eigenvalue weighted by atomic mass is 127. The molecular formula is C21H25IN2. The molecule has 24 heavy (non-hydrogen) atoms. The van der Waals surface area contributed by atoms with Crippen LogP contribution in [0.5, 0.6) is 0 Å². The molecule has 126 valence electrons. The Hall–Kier alpha value is -1.62. The van der Waals surface area contributed by atoms with E-state index in [0.717, 1.165) is 25.1 Å². The lowest BCUT2D eigenvalue weighted by Gasteiger charge is -2.29. The van der Waals surface area contributed by atoms with Crippen LogP contribution in [-0.2, 0) is 6.54 Å². The topological polar surface area (TPSA) is 26.0 Å². The van der Waals surface area contributed by atoms with Crippen molar-refractivity contribution in [1.29, 1.82) is 0 Å². The number of benzene rings is 2. The molecule has 0 spiro atoms. The fourth-order valence-electron chi connectivity index (χ4n) is 3.12. The van der Waals surface area contributed by atoms with E-state index < -0.39 is 0 Å². The number of allylic oxidation sites excluding steroid dienone is 2. The second-order valence-corrected chi connectivity index (χ2v) is 7.04. The van der Waals surface area contributed by atoms with Crippen LogP contribution in [0.4, 0.5) is 5.69 Å². The van der Waals surface area contributed by atoms with Crippen LogP contribution in [0.1, 0.15) is 32.3 Å². The Balaban J connectivity index is 0.00000208. The molecular weight excluding hydrogens is 407 g/mol. The number of anilines is 1. The van der Waals surface area contributed by atoms with Gasteiger partial charge in [-0.15, -0.1) is 0 Å². The summed E-state index contributed by atoms with van der Waals surface area (Å²) in [5.41, 5.74) is 5.32. The summed E-state index contributed by atoms with van der Waals surface area (Å²) >= 11 is 0. The lowest BCUT2D eigenvalue weighted by atomic mass is 9.78. The normalized spacial score (nSPS) is 17.8. The summed E-state index contributed by atoms with van der Waals surface area (Å²) in [6, 6.07) is 21.0. The monoisotopic (exact) mass is 432 g/mol. The van der Waals surface area contributed by atoms with E-state index in [1.54, 1.807) is 0 Å². The third kappa shape index (κ3) is 5.48. The Morgan fingerprint density at radius 1 is 0.917 bits per heavy atom. The number of nitrogens with one attached hydrogen (secondary N) is 2. The molecule has 2 N–H and O–H groups in total. The predicted molar refractivity (Wildman–Crippen MR) is 97.3 cm³/mol. The molecule has 0 heterocycles. The fraction of sp³-hybridized carbons (Fsp3) is 0.286. The zero-order valence-corrected chi connectivity index (χ0v) is 16.5. The molecule has 2 aromatic rings. The van der Waals surface area contributed by atoms with Crippen LogP contribution < -0.4 is 34.3 Å². The van der Waals surface area contributed by atoms with Crippen molar-refractivity contribution < 1.29 is 29.0 Å². The van der Waals surface area contributed by atoms with Crippen LogP contribution in [-0.4, -0.2) is 5.71 Å². The molecule has 0 saturated heterocycles. The average Bonchev–Trinajstić information content (AvgIpc) is 2.53. The maximum Gasteiger partial charge on any atom is 0.176 e. The quantitative estimate of drug-likeness (QED) is 0.678. The van der Waals surface area contributed by atoms with Crippen LogP contribution in [0.3, 0.4) is 0 Å². The Morgan fingerprint density at radius 2 is 1.54 bits per heavy atom. The molecule has 2 aromatic carbocycles. The Morgan fingerprint density at radius 3 is 2.21 bits per heavy atom. The summed E-state index contributed by atoms with van der Waals surface area (Å²) in [6.45, 7) is 5.54. The van der Waals surface area contributed by atoms with Crippen LogP contribution in [0, 0.1) is 5.41 Å². The summed E-state index contributed by atoms with van der Waals surface area (Å²) in [5.74, 6) is 0. The first kappa shape index (κ1) is 18.7. The van der Waals surface area contributed by atoms with Crippen molar-refractivity contribution in [3.63, 3.8) is 0 Å². The van der Waals surface area contributed by atoms with Gasteiger partial charge in [-0.2, -0.15) is 0 Å². The maximum absolute atomic E-state index is 3.61. The molecule has 1 aliphatic rings. The largest absolute Gasteiger partial charge is 1.00 e. The van der Waals surface area contributed by atoms with E-state index in [0.29, 0.717) is 0 Å². The van der Waals surface area contributed by atoms with Gasteiger partial charge in [-0.1, -0.05) is 62.4 Å². The molecule has 0 radical (unpaired) electrons. The van der Waals surface area contributed by atoms with Crippen molar-refractivity contribution >= 4 is 11.4 Å². The van der Waals surface area contributed by atoms with Crippen LogP contribution in [0.25, 0.3) is 0 Å². The highest BCUT2D eigenvalue weighted by Crippen LogP contribution is 2.33. The highest BCUT2D eigenvalue weighted by molar-refractivity contribution is 5.92. The summed E-state index contributed by atoms with van der Waals surface area (Å²) < 4.78 is 0. The minimum atomic E-state index is 0. The van der Waals surface area contributed by atoms with Gasteiger partial charge in [-0.25, -0.2) is 4.99 Å². The maximum atomic E-state index is 3.61. The van der Waals surface area contributed by atoms with E-state index in [-0.39, 0.29) is 29.4 Å². The number of hydrogen-bond donors (Lipinski definition) is 2. The van der Waals surface area contributed by atoms with Crippen LogP contribution in [0.15, 0.2) is 72.4 Å². The zero-order valence-electron chi connectivity index (χ0n) is 14.4. The third-order valence-electron chi connectivity index (χ3n) is 4.13. The molecule has 0 aliphatic heterocycles. The minimum absolute atomic E-state index is 0. The fourth-order valence-corrected chi connectivity index (χ4v) is 3.12. The van der Waals surface area contributed by atoms with Crippen LogP contribution in [0.2, 0.25) is 0 Å². The van der Waals surface area contributed by atoms with Crippen molar-refractivity contribution in [2.45, 2.75) is 33.2 Å². The number of rotatable bonds is 4. The number of para-hydroxylation sites is 1. The van der Waals surface area contributed by atoms with Crippen LogP contribution >= 0.6 is 0 Å². The van der Waals surface area contributed by atoms with Gasteiger partial charge in [0, 0.05) is 29.4 Å². The van der Waals surface area contributed by atoms with Gasteiger partial charge in [0.25, 0.3) is 0 Å². The minimum Gasteiger partial charge on any atom is -1.00 e. The summed E-state index contributed by atoms with van der Waals surface area (Å²) in [6.07, 6.45) is 4.43. The van der Waals surface area contributed by atoms with Gasteiger partial charge in [-0.05, 0) is 24.0 Å². The Labute approximate surface area is 162 Å². The van der Waals surface area contributed by atoms with Gasteiger partial charge in [-0.3, -0.25) is 0 Å². The third-order valence-corrected chi connectivity index (χ3v) is 4.13. The molecule has 0 unspecified atom stereocenters. The lowest BCUT2D eigenvalue weighted by Crippen LogP contribution is -3.00. The van der Waals surface area contributed by atoms with Gasteiger partial charge < -0.3 is 29.3 Å². The molecule has 3 rings (SSSR count). The standard InChI is InChI=1S/C21H24N2.HI/c1-21(2)14-19(22-16-17-9-5-3-6-10-17)13-20(15-21)23-18-11-7-4-8-12-18;/h3-13,23H,14-16H2,1-2H3;1H. The second-order valence-electron chi connectivity index (χ2n) is 7.04. The van der Waals surface area contributed by atoms with E-state index in [1.807, 2.05) is 6.07 Å². The summed E-state index contributed by atoms with van der Waals surface area (Å²) in [4.78, 5) is 3.61. The van der Waals surface area contributed by atoms with E-state index >= 15 is 0 Å². The van der Waals surface area contributed by atoms with E-state index in [4.69, 9.17) is 0 Å². The van der Waals surface area contributed by atoms with Crippen molar-refractivity contribution in [3.05, 3.63) is 78.0 Å². The number of halogens is 1. The lowest BCUT2D eigenvalue weighted by molar-refractivity contribution is -0.476. The summed E-state index contributed by atoms with van der Waals surface area (Å²) in [5, 5.41) is 3.56. The predicted octanol–water partition coefficient (Wildman–Crippen LogP) is 0.528. The molecule has 1 aliphatic carbocycles. The molecule has 0 aromatic heterocycles. The van der Waals surface area contributed by atoms with Gasteiger partial charge >= 0.3 is 0 Å². The van der Waals surface area contributed by atoms with E-state index in [2.05, 4.69) is 84.8 Å². The molecule has 0 atom stereocenters. The summed E-state index contributed by atoms with van der Waals surface area (Å²) in [7, 11) is 0. The molecule has 2 nitrogen and oxygen atoms in total. The molecule has 0 fully saturated rings. The van der Waals surface area contributed by atoms with E-state index in [1.165, 1.54) is 17.0 Å². The first-order chi connectivity index (χ1) is 11.1. The second kappa shape index (κ2) is 8.47. The van der Waals surface area contributed by atoms with Gasteiger partial charge in [0.15, 0.2) is 12.3 Å². The van der Waals surface area contributed by atoms with Crippen molar-refractivity contribution in [2.24, 2.45) is 5.41 Å². The SMILES string of the molecule is CC1(C)CC(Nc2ccccc2)=CC(=[NH+]Cc2ccccc2)C1.[I-]. The molecule has 3 heteroatoms. The van der Waals surface area contributed by atoms with Crippen molar-refractivity contribution in [1.82, 2.24) is 0 Å². The smallest absolute Gasteiger partial charge is 0.176 e. The zero-order chi connectivity index (χ0) is 16.1. The molecule has 0 saturated carbocycles. The first-order valence-electron chi connectivity index (χ1n) is 8.27. The van der Waals surface area contributed by atoms with Crippen molar-refractivity contribution in [3.8, 4) is 0 Å². The van der Waals surface area contributed by atoms with Gasteiger partial charge in [0.05, 0.1) is 0 Å². The van der Waals surface area contributed by atoms with Crippen molar-refractivity contribution in [2.75, 3.05) is 5.32 Å². The Bertz CT molecular complexity index is 703. The van der Waals surface area contributed by atoms with E-state index in [9.17, 15) is 0 Å². The van der Waals surface area contributed by atoms with Gasteiger partial charge in [0.1, 0.15) is 0 Å². The Kier molecular flexibility index (Phi) is 6.60.